The zero-order chi connectivity index (χ0) is 13.8. The van der Waals surface area contributed by atoms with Gasteiger partial charge in [-0.3, -0.25) is 0 Å². The summed E-state index contributed by atoms with van der Waals surface area (Å²) in [5, 5.41) is 3.28. The molecule has 0 saturated carbocycles. The third kappa shape index (κ3) is 3.17. The monoisotopic (exact) mass is 262 g/mol. The third-order valence-electron chi connectivity index (χ3n) is 3.25. The Balaban J connectivity index is 2.07. The predicted molar refractivity (Wildman–Crippen MR) is 79.3 cm³/mol. The number of hydrogen-bond acceptors (Lipinski definition) is 5. The van der Waals surface area contributed by atoms with Crippen molar-refractivity contribution in [2.45, 2.75) is 26.8 Å². The van der Waals surface area contributed by atoms with E-state index in [9.17, 15) is 0 Å². The average molecular weight is 262 g/mol. The van der Waals surface area contributed by atoms with Gasteiger partial charge >= 0.3 is 0 Å². The predicted octanol–water partition coefficient (Wildman–Crippen LogP) is 2.55. The molecule has 5 heteroatoms. The highest BCUT2D eigenvalue weighted by Gasteiger charge is 2.12. The summed E-state index contributed by atoms with van der Waals surface area (Å²) in [5.74, 6) is 0. The molecule has 0 bridgehead atoms. The van der Waals surface area contributed by atoms with Gasteiger partial charge in [-0.05, 0) is 32.1 Å². The maximum atomic E-state index is 5.87. The summed E-state index contributed by atoms with van der Waals surface area (Å²) in [6, 6.07) is 6.38. The van der Waals surface area contributed by atoms with Gasteiger partial charge in [-0.1, -0.05) is 19.9 Å². The fourth-order valence-electron chi connectivity index (χ4n) is 2.16. The second kappa shape index (κ2) is 5.93. The van der Waals surface area contributed by atoms with Crippen LogP contribution in [0.25, 0.3) is 11.1 Å². The molecule has 5 nitrogen and oxygen atoms in total. The van der Waals surface area contributed by atoms with Gasteiger partial charge in [-0.2, -0.15) is 4.98 Å². The Hall–Kier alpha value is -1.75. The normalized spacial score (nSPS) is 13.1. The van der Waals surface area contributed by atoms with Crippen LogP contribution in [-0.2, 0) is 0 Å². The van der Waals surface area contributed by atoms with Crippen LogP contribution in [0.3, 0.4) is 0 Å². The molecule has 0 aliphatic heterocycles. The smallest absolute Gasteiger partial charge is 0.296 e. The molecule has 3 N–H and O–H groups in total. The number of oxazole rings is 1. The summed E-state index contributed by atoms with van der Waals surface area (Å²) in [7, 11) is 0. The number of fused-ring (bicyclic) bond motifs is 1. The summed E-state index contributed by atoms with van der Waals surface area (Å²) in [6.45, 7) is 9.50. The van der Waals surface area contributed by atoms with E-state index in [0.717, 1.165) is 30.7 Å². The zero-order valence-electron chi connectivity index (χ0n) is 11.8. The van der Waals surface area contributed by atoms with E-state index >= 15 is 0 Å². The third-order valence-corrected chi connectivity index (χ3v) is 3.25. The first-order valence-corrected chi connectivity index (χ1v) is 6.78. The summed E-state index contributed by atoms with van der Waals surface area (Å²) in [4.78, 5) is 6.75. The molecule has 1 aromatic carbocycles. The number of para-hydroxylation sites is 1. The minimum absolute atomic E-state index is 0.272. The topological polar surface area (TPSA) is 67.3 Å². The quantitative estimate of drug-likeness (QED) is 0.783. The Morgan fingerprint density at radius 2 is 2.11 bits per heavy atom. The molecule has 2 rings (SSSR count). The molecule has 104 valence electrons. The van der Waals surface area contributed by atoms with E-state index < -0.39 is 0 Å². The lowest BCUT2D eigenvalue weighted by atomic mass is 10.3. The first-order valence-electron chi connectivity index (χ1n) is 6.78. The van der Waals surface area contributed by atoms with Crippen molar-refractivity contribution in [3.8, 4) is 0 Å². The first kappa shape index (κ1) is 13.7. The number of nitrogen functional groups attached to an aromatic ring is 1. The number of aromatic nitrogens is 1. The van der Waals surface area contributed by atoms with Crippen molar-refractivity contribution in [1.29, 1.82) is 0 Å². The van der Waals surface area contributed by atoms with Crippen molar-refractivity contribution in [2.75, 3.05) is 30.7 Å². The molecule has 0 spiro atoms. The summed E-state index contributed by atoms with van der Waals surface area (Å²) in [5.41, 5.74) is 7.95. The summed E-state index contributed by atoms with van der Waals surface area (Å²) < 4.78 is 5.65. The van der Waals surface area contributed by atoms with Gasteiger partial charge in [0.05, 0.1) is 5.69 Å². The van der Waals surface area contributed by atoms with Crippen LogP contribution in [0.15, 0.2) is 22.6 Å². The molecule has 1 unspecified atom stereocenters. The van der Waals surface area contributed by atoms with Gasteiger partial charge in [-0.15, -0.1) is 0 Å². The molecular formula is C14H22N4O. The number of rotatable bonds is 6. The molecule has 0 radical (unpaired) electrons. The second-order valence-electron chi connectivity index (χ2n) is 4.74. The van der Waals surface area contributed by atoms with E-state index in [0.29, 0.717) is 11.7 Å². The van der Waals surface area contributed by atoms with Crippen LogP contribution in [0.4, 0.5) is 11.7 Å². The van der Waals surface area contributed by atoms with Gasteiger partial charge in [0, 0.05) is 12.6 Å². The highest BCUT2D eigenvalue weighted by molar-refractivity contribution is 5.86. The van der Waals surface area contributed by atoms with Crippen molar-refractivity contribution in [3.05, 3.63) is 18.2 Å². The van der Waals surface area contributed by atoms with Crippen molar-refractivity contribution in [1.82, 2.24) is 9.88 Å². The van der Waals surface area contributed by atoms with Crippen LogP contribution in [0.1, 0.15) is 20.8 Å². The van der Waals surface area contributed by atoms with Gasteiger partial charge in [-0.25, -0.2) is 0 Å². The zero-order valence-corrected chi connectivity index (χ0v) is 11.8. The summed E-state index contributed by atoms with van der Waals surface area (Å²) >= 11 is 0. The minimum atomic E-state index is 0.272. The van der Waals surface area contributed by atoms with E-state index in [1.807, 2.05) is 18.2 Å². The van der Waals surface area contributed by atoms with Crippen molar-refractivity contribution < 1.29 is 4.42 Å². The minimum Gasteiger partial charge on any atom is -0.423 e. The second-order valence-corrected chi connectivity index (χ2v) is 4.74. The SMILES string of the molecule is CCN(CC)CC(C)Nc1nc2c(N)cccc2o1. The average Bonchev–Trinajstić information content (AvgIpc) is 2.79. The van der Waals surface area contributed by atoms with Crippen LogP contribution in [0, 0.1) is 0 Å². The molecule has 0 aliphatic rings. The van der Waals surface area contributed by atoms with Crippen LogP contribution >= 0.6 is 0 Å². The molecule has 1 heterocycles. The van der Waals surface area contributed by atoms with Gasteiger partial charge in [0.2, 0.25) is 0 Å². The molecule has 2 aromatic rings. The lowest BCUT2D eigenvalue weighted by Gasteiger charge is -2.22. The van der Waals surface area contributed by atoms with Crippen LogP contribution in [0.2, 0.25) is 0 Å². The number of anilines is 2. The number of nitrogens with two attached hydrogens (primary N) is 1. The van der Waals surface area contributed by atoms with E-state index in [-0.39, 0.29) is 6.04 Å². The largest absolute Gasteiger partial charge is 0.423 e. The van der Waals surface area contributed by atoms with E-state index in [4.69, 9.17) is 10.2 Å². The number of benzene rings is 1. The molecule has 1 atom stereocenters. The molecule has 0 amide bonds. The van der Waals surface area contributed by atoms with Crippen LogP contribution in [0.5, 0.6) is 0 Å². The fourth-order valence-corrected chi connectivity index (χ4v) is 2.16. The molecule has 0 saturated heterocycles. The Morgan fingerprint density at radius 1 is 1.37 bits per heavy atom. The fraction of sp³-hybridized carbons (Fsp3) is 0.500. The lowest BCUT2D eigenvalue weighted by Crippen LogP contribution is -2.34. The van der Waals surface area contributed by atoms with Gasteiger partial charge in [0.15, 0.2) is 5.58 Å². The molecule has 1 aromatic heterocycles. The summed E-state index contributed by atoms with van der Waals surface area (Å²) in [6.07, 6.45) is 0. The molecular weight excluding hydrogens is 240 g/mol. The number of likely N-dealkylation sites (N-methyl/N-ethyl adjacent to an activating group) is 1. The van der Waals surface area contributed by atoms with Gasteiger partial charge in [0.25, 0.3) is 6.01 Å². The van der Waals surface area contributed by atoms with Crippen LogP contribution in [-0.4, -0.2) is 35.6 Å². The first-order chi connectivity index (χ1) is 9.13. The number of nitrogens with zero attached hydrogens (tertiary/aromatic N) is 2. The highest BCUT2D eigenvalue weighted by Crippen LogP contribution is 2.23. The lowest BCUT2D eigenvalue weighted by molar-refractivity contribution is 0.293. The Labute approximate surface area is 113 Å². The maximum Gasteiger partial charge on any atom is 0.296 e. The van der Waals surface area contributed by atoms with Gasteiger partial charge in [0.1, 0.15) is 5.52 Å². The van der Waals surface area contributed by atoms with Crippen molar-refractivity contribution >= 4 is 22.8 Å². The molecule has 19 heavy (non-hydrogen) atoms. The van der Waals surface area contributed by atoms with Crippen molar-refractivity contribution in [2.24, 2.45) is 0 Å². The standard InChI is InChI=1S/C14H22N4O/c1-4-18(5-2)9-10(3)16-14-17-13-11(15)7-6-8-12(13)19-14/h6-8,10H,4-5,9,15H2,1-3H3,(H,16,17). The highest BCUT2D eigenvalue weighted by atomic mass is 16.4. The number of nitrogens with one attached hydrogen (secondary N) is 1. The molecule has 0 aliphatic carbocycles. The molecule has 0 fully saturated rings. The Morgan fingerprint density at radius 3 is 2.74 bits per heavy atom. The van der Waals surface area contributed by atoms with Gasteiger partial charge < -0.3 is 20.4 Å². The Kier molecular flexibility index (Phi) is 4.27. The van der Waals surface area contributed by atoms with E-state index in [2.05, 4.69) is 36.0 Å². The van der Waals surface area contributed by atoms with E-state index in [1.54, 1.807) is 0 Å². The van der Waals surface area contributed by atoms with E-state index in [1.165, 1.54) is 0 Å². The van der Waals surface area contributed by atoms with Crippen LogP contribution < -0.4 is 11.1 Å². The Bertz CT molecular complexity index is 533. The number of hydrogen-bond donors (Lipinski definition) is 2. The maximum absolute atomic E-state index is 5.87. The van der Waals surface area contributed by atoms with Crippen molar-refractivity contribution in [3.63, 3.8) is 0 Å².